The average Bonchev–Trinajstić information content (AvgIpc) is 3.03. The van der Waals surface area contributed by atoms with Gasteiger partial charge in [-0.15, -0.1) is 0 Å². The molecule has 0 aromatic heterocycles. The van der Waals surface area contributed by atoms with Crippen LogP contribution in [-0.2, 0) is 16.1 Å². The van der Waals surface area contributed by atoms with Crippen molar-refractivity contribution in [1.82, 2.24) is 9.80 Å². The molecule has 120 valence electrons. The summed E-state index contributed by atoms with van der Waals surface area (Å²) in [6.45, 7) is 6.98. The van der Waals surface area contributed by atoms with Crippen LogP contribution in [0.3, 0.4) is 0 Å². The first-order valence-electron chi connectivity index (χ1n) is 8.21. The molecular formula is C17H25N3O2. The summed E-state index contributed by atoms with van der Waals surface area (Å²) in [5.41, 5.74) is 2.19. The molecule has 3 rings (SSSR count). The Morgan fingerprint density at radius 1 is 1.00 bits per heavy atom. The Kier molecular flexibility index (Phi) is 5.43. The van der Waals surface area contributed by atoms with E-state index in [0.717, 1.165) is 38.5 Å². The van der Waals surface area contributed by atoms with E-state index < -0.39 is 0 Å². The second kappa shape index (κ2) is 7.72. The summed E-state index contributed by atoms with van der Waals surface area (Å²) in [5, 5.41) is 2.98. The zero-order valence-electron chi connectivity index (χ0n) is 13.1. The standard InChI is InChI=1S/C17H25N3O2/c21-17(14-20-9-11-22-12-10-20)18-16-5-3-15(4-6-16)13-19-7-1-2-8-19/h3-6H,1-2,7-14H2,(H,18,21). The molecule has 1 aromatic carbocycles. The molecule has 2 aliphatic rings. The number of rotatable bonds is 5. The molecule has 5 nitrogen and oxygen atoms in total. The Balaban J connectivity index is 1.46. The Morgan fingerprint density at radius 3 is 2.36 bits per heavy atom. The molecule has 0 spiro atoms. The number of likely N-dealkylation sites (tertiary alicyclic amines) is 1. The Hall–Kier alpha value is -1.43. The lowest BCUT2D eigenvalue weighted by molar-refractivity contribution is -0.118. The van der Waals surface area contributed by atoms with Crippen molar-refractivity contribution in [3.8, 4) is 0 Å². The third kappa shape index (κ3) is 4.53. The van der Waals surface area contributed by atoms with Crippen LogP contribution in [0.15, 0.2) is 24.3 Å². The summed E-state index contributed by atoms with van der Waals surface area (Å²) in [5.74, 6) is 0.0502. The van der Waals surface area contributed by atoms with E-state index in [1.54, 1.807) is 0 Å². The van der Waals surface area contributed by atoms with E-state index in [4.69, 9.17) is 4.74 Å². The fraction of sp³-hybridized carbons (Fsp3) is 0.588. The maximum absolute atomic E-state index is 12.0. The lowest BCUT2D eigenvalue weighted by atomic mass is 10.2. The predicted molar refractivity (Wildman–Crippen MR) is 86.8 cm³/mol. The quantitative estimate of drug-likeness (QED) is 0.896. The van der Waals surface area contributed by atoms with Crippen molar-refractivity contribution in [3.05, 3.63) is 29.8 Å². The van der Waals surface area contributed by atoms with Crippen molar-refractivity contribution in [2.24, 2.45) is 0 Å². The van der Waals surface area contributed by atoms with Crippen LogP contribution in [0.2, 0.25) is 0 Å². The summed E-state index contributed by atoms with van der Waals surface area (Å²) in [6, 6.07) is 8.23. The fourth-order valence-corrected chi connectivity index (χ4v) is 3.06. The molecular weight excluding hydrogens is 278 g/mol. The van der Waals surface area contributed by atoms with Gasteiger partial charge in [-0.25, -0.2) is 0 Å². The molecule has 5 heteroatoms. The van der Waals surface area contributed by atoms with E-state index in [2.05, 4.69) is 27.2 Å². The Bertz CT molecular complexity index is 477. The van der Waals surface area contributed by atoms with Gasteiger partial charge in [0.05, 0.1) is 19.8 Å². The lowest BCUT2D eigenvalue weighted by Gasteiger charge is -2.25. The van der Waals surface area contributed by atoms with Crippen molar-refractivity contribution in [3.63, 3.8) is 0 Å². The van der Waals surface area contributed by atoms with Crippen LogP contribution in [0, 0.1) is 0 Å². The second-order valence-corrected chi connectivity index (χ2v) is 6.12. The fourth-order valence-electron chi connectivity index (χ4n) is 3.06. The molecule has 1 N–H and O–H groups in total. The van der Waals surface area contributed by atoms with Gasteiger partial charge >= 0.3 is 0 Å². The zero-order chi connectivity index (χ0) is 15.2. The third-order valence-electron chi connectivity index (χ3n) is 4.31. The summed E-state index contributed by atoms with van der Waals surface area (Å²) in [4.78, 5) is 16.6. The minimum atomic E-state index is 0.0502. The molecule has 2 aliphatic heterocycles. The van der Waals surface area contributed by atoms with E-state index >= 15 is 0 Å². The maximum atomic E-state index is 12.0. The van der Waals surface area contributed by atoms with E-state index in [1.165, 1.54) is 31.5 Å². The molecule has 0 atom stereocenters. The van der Waals surface area contributed by atoms with Gasteiger partial charge in [0.2, 0.25) is 5.91 Å². The first-order chi connectivity index (χ1) is 10.8. The largest absolute Gasteiger partial charge is 0.379 e. The predicted octanol–water partition coefficient (Wildman–Crippen LogP) is 1.55. The molecule has 0 unspecified atom stereocenters. The zero-order valence-corrected chi connectivity index (χ0v) is 13.1. The van der Waals surface area contributed by atoms with Gasteiger partial charge in [-0.05, 0) is 43.6 Å². The molecule has 22 heavy (non-hydrogen) atoms. The van der Waals surface area contributed by atoms with Crippen LogP contribution in [0.25, 0.3) is 0 Å². The normalized spacial score (nSPS) is 20.2. The van der Waals surface area contributed by atoms with Gasteiger partial charge in [-0.2, -0.15) is 0 Å². The topological polar surface area (TPSA) is 44.8 Å². The van der Waals surface area contributed by atoms with Crippen molar-refractivity contribution >= 4 is 11.6 Å². The van der Waals surface area contributed by atoms with Crippen LogP contribution in [0.5, 0.6) is 0 Å². The third-order valence-corrected chi connectivity index (χ3v) is 4.31. The van der Waals surface area contributed by atoms with Gasteiger partial charge < -0.3 is 10.1 Å². The minimum absolute atomic E-state index is 0.0502. The van der Waals surface area contributed by atoms with Gasteiger partial charge in [0.1, 0.15) is 0 Å². The molecule has 1 aromatic rings. The molecule has 2 fully saturated rings. The highest BCUT2D eigenvalue weighted by Gasteiger charge is 2.14. The molecule has 2 saturated heterocycles. The first-order valence-corrected chi connectivity index (χ1v) is 8.21. The van der Waals surface area contributed by atoms with Crippen LogP contribution >= 0.6 is 0 Å². The summed E-state index contributed by atoms with van der Waals surface area (Å²) in [6.07, 6.45) is 2.63. The maximum Gasteiger partial charge on any atom is 0.238 e. The number of hydrogen-bond donors (Lipinski definition) is 1. The number of anilines is 1. The van der Waals surface area contributed by atoms with Crippen LogP contribution in [0.4, 0.5) is 5.69 Å². The van der Waals surface area contributed by atoms with Gasteiger partial charge in [0, 0.05) is 25.3 Å². The molecule has 0 saturated carbocycles. The monoisotopic (exact) mass is 303 g/mol. The van der Waals surface area contributed by atoms with Gasteiger partial charge in [0.25, 0.3) is 0 Å². The molecule has 0 aliphatic carbocycles. The number of amides is 1. The van der Waals surface area contributed by atoms with Gasteiger partial charge in [0.15, 0.2) is 0 Å². The van der Waals surface area contributed by atoms with Crippen molar-refractivity contribution in [1.29, 1.82) is 0 Å². The molecule has 0 bridgehead atoms. The second-order valence-electron chi connectivity index (χ2n) is 6.12. The number of hydrogen-bond acceptors (Lipinski definition) is 4. The highest BCUT2D eigenvalue weighted by molar-refractivity contribution is 5.92. The number of nitrogens with zero attached hydrogens (tertiary/aromatic N) is 2. The van der Waals surface area contributed by atoms with Crippen molar-refractivity contribution in [2.45, 2.75) is 19.4 Å². The number of ether oxygens (including phenoxy) is 1. The lowest BCUT2D eigenvalue weighted by Crippen LogP contribution is -2.41. The smallest absolute Gasteiger partial charge is 0.238 e. The molecule has 2 heterocycles. The Morgan fingerprint density at radius 2 is 1.68 bits per heavy atom. The Labute approximate surface area is 132 Å². The summed E-state index contributed by atoms with van der Waals surface area (Å²) < 4.78 is 5.29. The van der Waals surface area contributed by atoms with Crippen LogP contribution in [-0.4, -0.2) is 61.6 Å². The van der Waals surface area contributed by atoms with Crippen LogP contribution < -0.4 is 5.32 Å². The number of morpholine rings is 1. The first kappa shape index (κ1) is 15.5. The summed E-state index contributed by atoms with van der Waals surface area (Å²) >= 11 is 0. The van der Waals surface area contributed by atoms with Crippen LogP contribution in [0.1, 0.15) is 18.4 Å². The SMILES string of the molecule is O=C(CN1CCOCC1)Nc1ccc(CN2CCCC2)cc1. The van der Waals surface area contributed by atoms with Gasteiger partial charge in [-0.3, -0.25) is 14.6 Å². The van der Waals surface area contributed by atoms with E-state index in [0.29, 0.717) is 6.54 Å². The van der Waals surface area contributed by atoms with E-state index in [9.17, 15) is 4.79 Å². The van der Waals surface area contributed by atoms with Crippen molar-refractivity contribution < 1.29 is 9.53 Å². The average molecular weight is 303 g/mol. The minimum Gasteiger partial charge on any atom is -0.379 e. The highest BCUT2D eigenvalue weighted by Crippen LogP contribution is 2.15. The number of carbonyl (C=O) groups excluding carboxylic acids is 1. The highest BCUT2D eigenvalue weighted by atomic mass is 16.5. The summed E-state index contributed by atoms with van der Waals surface area (Å²) in [7, 11) is 0. The van der Waals surface area contributed by atoms with E-state index in [1.807, 2.05) is 12.1 Å². The van der Waals surface area contributed by atoms with Crippen molar-refractivity contribution in [2.75, 3.05) is 51.3 Å². The van der Waals surface area contributed by atoms with Gasteiger partial charge in [-0.1, -0.05) is 12.1 Å². The number of nitrogens with one attached hydrogen (secondary N) is 1. The number of carbonyl (C=O) groups is 1. The molecule has 1 amide bonds. The number of benzene rings is 1. The van der Waals surface area contributed by atoms with E-state index in [-0.39, 0.29) is 5.91 Å². The molecule has 0 radical (unpaired) electrons.